The van der Waals surface area contributed by atoms with E-state index in [4.69, 9.17) is 0 Å². The third-order valence-corrected chi connectivity index (χ3v) is 4.18. The Morgan fingerprint density at radius 2 is 2.05 bits per heavy atom. The largest absolute Gasteiger partial charge is 0.480 e. The summed E-state index contributed by atoms with van der Waals surface area (Å²) >= 11 is 0. The van der Waals surface area contributed by atoms with Crippen LogP contribution in [0.3, 0.4) is 0 Å². The molecule has 0 aliphatic carbocycles. The van der Waals surface area contributed by atoms with Crippen LogP contribution in [0.2, 0.25) is 0 Å². The Bertz CT molecular complexity index is 544. The summed E-state index contributed by atoms with van der Waals surface area (Å²) in [5, 5.41) is 9.44. The van der Waals surface area contributed by atoms with Gasteiger partial charge in [-0.05, 0) is 31.9 Å². The molecule has 1 N–H and O–H groups in total. The lowest BCUT2D eigenvalue weighted by Crippen LogP contribution is -2.52. The van der Waals surface area contributed by atoms with Gasteiger partial charge < -0.3 is 10.0 Å². The topological polar surface area (TPSA) is 60.9 Å². The molecule has 21 heavy (non-hydrogen) atoms. The van der Waals surface area contributed by atoms with E-state index in [1.165, 1.54) is 4.90 Å². The van der Waals surface area contributed by atoms with Crippen LogP contribution in [0, 0.1) is 0 Å². The van der Waals surface area contributed by atoms with Gasteiger partial charge in [0.15, 0.2) is 0 Å². The van der Waals surface area contributed by atoms with Gasteiger partial charge >= 0.3 is 12.0 Å². The molecule has 0 fully saturated rings. The first-order valence-electron chi connectivity index (χ1n) is 7.41. The molecule has 1 aromatic carbocycles. The first kappa shape index (κ1) is 15.4. The number of carboxylic acid groups (broad SMARTS) is 1. The number of nitrogens with zero attached hydrogens (tertiary/aromatic N) is 2. The van der Waals surface area contributed by atoms with Gasteiger partial charge in [0.25, 0.3) is 0 Å². The Labute approximate surface area is 125 Å². The van der Waals surface area contributed by atoms with Gasteiger partial charge in [0.2, 0.25) is 0 Å². The Balaban J connectivity index is 2.38. The zero-order valence-electron chi connectivity index (χ0n) is 12.7. The smallest absolute Gasteiger partial charge is 0.327 e. The first-order valence-corrected chi connectivity index (χ1v) is 7.41. The van der Waals surface area contributed by atoms with E-state index in [0.717, 1.165) is 17.7 Å². The van der Waals surface area contributed by atoms with Gasteiger partial charge in [0.05, 0.1) is 0 Å². The van der Waals surface area contributed by atoms with Crippen molar-refractivity contribution in [2.75, 3.05) is 11.4 Å². The van der Waals surface area contributed by atoms with Crippen molar-refractivity contribution in [1.82, 2.24) is 4.90 Å². The summed E-state index contributed by atoms with van der Waals surface area (Å²) in [6.45, 7) is 6.49. The number of hydrogen-bond acceptors (Lipinski definition) is 2. The SMILES string of the molecule is CCC(C)N(CC)C(=O)N1c2ccccc2C[C@H]1C(=O)O. The van der Waals surface area contributed by atoms with Crippen LogP contribution in [0.4, 0.5) is 10.5 Å². The minimum atomic E-state index is -0.959. The van der Waals surface area contributed by atoms with Gasteiger partial charge in [-0.3, -0.25) is 4.90 Å². The minimum Gasteiger partial charge on any atom is -0.480 e. The van der Waals surface area contributed by atoms with Crippen LogP contribution in [-0.2, 0) is 11.2 Å². The van der Waals surface area contributed by atoms with Gasteiger partial charge in [0, 0.05) is 24.7 Å². The number of amides is 2. The van der Waals surface area contributed by atoms with Crippen LogP contribution in [0.5, 0.6) is 0 Å². The second kappa shape index (κ2) is 6.16. The van der Waals surface area contributed by atoms with Crippen LogP contribution in [0.25, 0.3) is 0 Å². The molecule has 1 aliphatic rings. The lowest BCUT2D eigenvalue weighted by atomic mass is 10.1. The molecule has 114 valence electrons. The van der Waals surface area contributed by atoms with Gasteiger partial charge in [-0.15, -0.1) is 0 Å². The van der Waals surface area contributed by atoms with E-state index in [1.807, 2.05) is 45.0 Å². The molecule has 1 aromatic rings. The fourth-order valence-electron chi connectivity index (χ4n) is 2.81. The lowest BCUT2D eigenvalue weighted by molar-refractivity contribution is -0.138. The van der Waals surface area contributed by atoms with Crippen LogP contribution in [0.15, 0.2) is 24.3 Å². The number of hydrogen-bond donors (Lipinski definition) is 1. The average Bonchev–Trinajstić information content (AvgIpc) is 2.87. The summed E-state index contributed by atoms with van der Waals surface area (Å²) in [4.78, 5) is 27.5. The summed E-state index contributed by atoms with van der Waals surface area (Å²) in [5.41, 5.74) is 1.63. The highest BCUT2D eigenvalue weighted by Crippen LogP contribution is 2.33. The molecule has 1 aliphatic heterocycles. The van der Waals surface area contributed by atoms with E-state index in [-0.39, 0.29) is 12.1 Å². The highest BCUT2D eigenvalue weighted by atomic mass is 16.4. The van der Waals surface area contributed by atoms with E-state index in [2.05, 4.69) is 0 Å². The Hall–Kier alpha value is -2.04. The molecule has 1 unspecified atom stereocenters. The number of carboxylic acids is 1. The van der Waals surface area contributed by atoms with Gasteiger partial charge in [-0.2, -0.15) is 0 Å². The fraction of sp³-hybridized carbons (Fsp3) is 0.500. The quantitative estimate of drug-likeness (QED) is 0.927. The summed E-state index contributed by atoms with van der Waals surface area (Å²) in [5.74, 6) is -0.959. The zero-order valence-corrected chi connectivity index (χ0v) is 12.7. The molecule has 0 bridgehead atoms. The van der Waals surface area contributed by atoms with E-state index in [9.17, 15) is 14.7 Å². The molecule has 5 nitrogen and oxygen atoms in total. The van der Waals surface area contributed by atoms with Crippen LogP contribution >= 0.6 is 0 Å². The number of urea groups is 1. The van der Waals surface area contributed by atoms with E-state index >= 15 is 0 Å². The lowest BCUT2D eigenvalue weighted by Gasteiger charge is -2.33. The van der Waals surface area contributed by atoms with Crippen LogP contribution in [-0.4, -0.2) is 40.6 Å². The minimum absolute atomic E-state index is 0.0877. The third-order valence-electron chi connectivity index (χ3n) is 4.18. The molecule has 0 saturated heterocycles. The predicted octanol–water partition coefficient (Wildman–Crippen LogP) is 2.74. The van der Waals surface area contributed by atoms with Crippen molar-refractivity contribution in [3.8, 4) is 0 Å². The molecule has 0 saturated carbocycles. The molecule has 2 rings (SSSR count). The number of anilines is 1. The number of carbonyl (C=O) groups excluding carboxylic acids is 1. The van der Waals surface area contributed by atoms with Crippen molar-refractivity contribution >= 4 is 17.7 Å². The summed E-state index contributed by atoms with van der Waals surface area (Å²) in [6.07, 6.45) is 1.21. The summed E-state index contributed by atoms with van der Waals surface area (Å²) in [6, 6.07) is 6.47. The normalized spacial score (nSPS) is 18.2. The van der Waals surface area contributed by atoms with Gasteiger partial charge in [-0.25, -0.2) is 9.59 Å². The summed E-state index contributed by atoms with van der Waals surface area (Å²) < 4.78 is 0. The van der Waals surface area contributed by atoms with Crippen molar-refractivity contribution < 1.29 is 14.7 Å². The molecular formula is C16H22N2O3. The number of rotatable bonds is 4. The van der Waals surface area contributed by atoms with Crippen molar-refractivity contribution in [3.05, 3.63) is 29.8 Å². The second-order valence-electron chi connectivity index (χ2n) is 5.38. The maximum atomic E-state index is 12.8. The predicted molar refractivity (Wildman–Crippen MR) is 81.6 cm³/mol. The average molecular weight is 290 g/mol. The highest BCUT2D eigenvalue weighted by Gasteiger charge is 2.40. The van der Waals surface area contributed by atoms with Crippen molar-refractivity contribution in [1.29, 1.82) is 0 Å². The maximum Gasteiger partial charge on any atom is 0.327 e. The van der Waals surface area contributed by atoms with E-state index in [1.54, 1.807) is 4.90 Å². The molecule has 0 spiro atoms. The van der Waals surface area contributed by atoms with E-state index < -0.39 is 12.0 Å². The van der Waals surface area contributed by atoms with Crippen molar-refractivity contribution in [3.63, 3.8) is 0 Å². The van der Waals surface area contributed by atoms with Crippen molar-refractivity contribution in [2.24, 2.45) is 0 Å². The molecule has 5 heteroatoms. The summed E-state index contributed by atoms with van der Waals surface area (Å²) in [7, 11) is 0. The van der Waals surface area contributed by atoms with Gasteiger partial charge in [0.1, 0.15) is 6.04 Å². The Morgan fingerprint density at radius 3 is 2.62 bits per heavy atom. The zero-order chi connectivity index (χ0) is 15.6. The number of fused-ring (bicyclic) bond motifs is 1. The molecular weight excluding hydrogens is 268 g/mol. The number of para-hydroxylation sites is 1. The third kappa shape index (κ3) is 2.73. The van der Waals surface area contributed by atoms with E-state index in [0.29, 0.717) is 13.0 Å². The number of carbonyl (C=O) groups is 2. The van der Waals surface area contributed by atoms with Crippen LogP contribution in [0.1, 0.15) is 32.8 Å². The molecule has 0 radical (unpaired) electrons. The standard InChI is InChI=1S/C16H22N2O3/c1-4-11(3)17(5-2)16(21)18-13-9-7-6-8-12(13)10-14(18)15(19)20/h6-9,11,14H,4-5,10H2,1-3H3,(H,19,20)/t11?,14-/m0/s1. The Kier molecular flexibility index (Phi) is 4.50. The monoisotopic (exact) mass is 290 g/mol. The van der Waals surface area contributed by atoms with Crippen LogP contribution < -0.4 is 4.90 Å². The first-order chi connectivity index (χ1) is 10.0. The number of benzene rings is 1. The number of aliphatic carboxylic acids is 1. The highest BCUT2D eigenvalue weighted by molar-refractivity contribution is 6.01. The van der Waals surface area contributed by atoms with Gasteiger partial charge in [-0.1, -0.05) is 25.1 Å². The fourth-order valence-corrected chi connectivity index (χ4v) is 2.81. The maximum absolute atomic E-state index is 12.8. The molecule has 0 aromatic heterocycles. The Morgan fingerprint density at radius 1 is 1.38 bits per heavy atom. The molecule has 2 amide bonds. The second-order valence-corrected chi connectivity index (χ2v) is 5.38. The van der Waals surface area contributed by atoms with Crippen molar-refractivity contribution in [2.45, 2.75) is 45.7 Å². The molecule has 2 atom stereocenters. The molecule has 1 heterocycles.